The summed E-state index contributed by atoms with van der Waals surface area (Å²) in [7, 11) is -2.13. The highest BCUT2D eigenvalue weighted by molar-refractivity contribution is 7.92. The van der Waals surface area contributed by atoms with Crippen molar-refractivity contribution in [1.29, 1.82) is 0 Å². The van der Waals surface area contributed by atoms with Crippen LogP contribution in [0.25, 0.3) is 10.9 Å². The molecule has 10 heteroatoms. The molecule has 3 aromatic rings. The molecule has 0 radical (unpaired) electrons. The summed E-state index contributed by atoms with van der Waals surface area (Å²) >= 11 is 6.33. The van der Waals surface area contributed by atoms with Crippen LogP contribution < -0.4 is 5.32 Å². The summed E-state index contributed by atoms with van der Waals surface area (Å²) in [5.41, 5.74) is 2.64. The Labute approximate surface area is 203 Å². The first-order chi connectivity index (χ1) is 15.9. The monoisotopic (exact) mass is 506 g/mol. The number of benzene rings is 2. The molecule has 1 atom stereocenters. The second-order valence-electron chi connectivity index (χ2n) is 8.34. The standard InChI is InChI=1S/C24H27ClN2O6S/c1-14(2)33-23(29)13-34(31,32)17-7-5-16(6-8-17)20(12-28)26-24(30)22-11-18-19(25)9-15(3)10-21(18)27(22)4/h5-11,14,20,28H,12-13H2,1-4H3,(H,26,30)/t20-/m1/s1. The fraction of sp³-hybridized carbons (Fsp3) is 0.333. The van der Waals surface area contributed by atoms with E-state index in [-0.39, 0.29) is 4.90 Å². The van der Waals surface area contributed by atoms with E-state index in [1.165, 1.54) is 24.3 Å². The normalized spacial score (nSPS) is 12.7. The number of sulfone groups is 1. The number of amides is 1. The smallest absolute Gasteiger partial charge is 0.321 e. The summed E-state index contributed by atoms with van der Waals surface area (Å²) in [6.45, 7) is 4.78. The molecular weight excluding hydrogens is 480 g/mol. The van der Waals surface area contributed by atoms with Crippen LogP contribution in [0, 0.1) is 6.92 Å². The van der Waals surface area contributed by atoms with Crippen molar-refractivity contribution in [2.24, 2.45) is 7.05 Å². The molecule has 34 heavy (non-hydrogen) atoms. The van der Waals surface area contributed by atoms with Gasteiger partial charge in [-0.25, -0.2) is 8.42 Å². The second-order valence-corrected chi connectivity index (χ2v) is 10.7. The average Bonchev–Trinajstić information content (AvgIpc) is 3.08. The van der Waals surface area contributed by atoms with Crippen molar-refractivity contribution in [1.82, 2.24) is 9.88 Å². The summed E-state index contributed by atoms with van der Waals surface area (Å²) < 4.78 is 31.6. The highest BCUT2D eigenvalue weighted by Crippen LogP contribution is 2.28. The third kappa shape index (κ3) is 5.60. The van der Waals surface area contributed by atoms with Crippen LogP contribution in [-0.2, 0) is 26.4 Å². The quantitative estimate of drug-likeness (QED) is 0.453. The van der Waals surface area contributed by atoms with Crippen LogP contribution in [0.3, 0.4) is 0 Å². The number of fused-ring (bicyclic) bond motifs is 1. The number of carbonyl (C=O) groups is 2. The van der Waals surface area contributed by atoms with Gasteiger partial charge >= 0.3 is 5.97 Å². The summed E-state index contributed by atoms with van der Waals surface area (Å²) in [5, 5.41) is 13.9. The Hall–Kier alpha value is -2.88. The largest absolute Gasteiger partial charge is 0.462 e. The zero-order chi connectivity index (χ0) is 25.2. The Morgan fingerprint density at radius 2 is 1.79 bits per heavy atom. The summed E-state index contributed by atoms with van der Waals surface area (Å²) in [5.74, 6) is -2.02. The van der Waals surface area contributed by atoms with Crippen LogP contribution in [0.1, 0.15) is 41.5 Å². The molecule has 1 heterocycles. The molecule has 0 aliphatic heterocycles. The molecule has 1 amide bonds. The number of ether oxygens (including phenoxy) is 1. The first-order valence-corrected chi connectivity index (χ1v) is 12.7. The number of nitrogens with zero attached hydrogens (tertiary/aromatic N) is 1. The SMILES string of the molecule is Cc1cc(Cl)c2cc(C(=O)N[C@H](CO)c3ccc(S(=O)(=O)CC(=O)OC(C)C)cc3)n(C)c2c1. The van der Waals surface area contributed by atoms with Crippen molar-refractivity contribution in [3.63, 3.8) is 0 Å². The molecule has 3 rings (SSSR count). The lowest BCUT2D eigenvalue weighted by Crippen LogP contribution is -2.32. The average molecular weight is 507 g/mol. The summed E-state index contributed by atoms with van der Waals surface area (Å²) in [6, 6.07) is 10.3. The number of nitrogens with one attached hydrogen (secondary N) is 1. The number of aliphatic hydroxyl groups is 1. The third-order valence-electron chi connectivity index (χ3n) is 5.29. The van der Waals surface area contributed by atoms with E-state index in [1.54, 1.807) is 31.5 Å². The second kappa shape index (κ2) is 10.2. The lowest BCUT2D eigenvalue weighted by atomic mass is 10.1. The van der Waals surface area contributed by atoms with Gasteiger partial charge in [0.1, 0.15) is 5.69 Å². The topological polar surface area (TPSA) is 115 Å². The lowest BCUT2D eigenvalue weighted by Gasteiger charge is -2.17. The number of halogens is 1. The van der Waals surface area contributed by atoms with Crippen molar-refractivity contribution >= 4 is 44.2 Å². The van der Waals surface area contributed by atoms with Crippen molar-refractivity contribution < 1.29 is 27.9 Å². The Morgan fingerprint density at radius 1 is 1.15 bits per heavy atom. The highest BCUT2D eigenvalue weighted by atomic mass is 35.5. The number of carbonyl (C=O) groups excluding carboxylic acids is 2. The Kier molecular flexibility index (Phi) is 7.70. The number of aromatic nitrogens is 1. The Balaban J connectivity index is 1.79. The van der Waals surface area contributed by atoms with Gasteiger partial charge in [0.15, 0.2) is 15.6 Å². The number of hydrogen-bond donors (Lipinski definition) is 2. The molecule has 182 valence electrons. The molecule has 0 saturated heterocycles. The molecule has 0 bridgehead atoms. The number of esters is 1. The molecule has 0 unspecified atom stereocenters. The van der Waals surface area contributed by atoms with Gasteiger partial charge in [-0.3, -0.25) is 9.59 Å². The maximum Gasteiger partial charge on any atom is 0.321 e. The van der Waals surface area contributed by atoms with Gasteiger partial charge in [-0.2, -0.15) is 0 Å². The number of rotatable bonds is 8. The van der Waals surface area contributed by atoms with E-state index >= 15 is 0 Å². The van der Waals surface area contributed by atoms with E-state index in [0.717, 1.165) is 16.5 Å². The third-order valence-corrected chi connectivity index (χ3v) is 7.21. The van der Waals surface area contributed by atoms with Crippen LogP contribution in [0.5, 0.6) is 0 Å². The molecule has 2 aromatic carbocycles. The Morgan fingerprint density at radius 3 is 2.38 bits per heavy atom. The minimum absolute atomic E-state index is 0.0568. The van der Waals surface area contributed by atoms with Gasteiger partial charge in [-0.15, -0.1) is 0 Å². The predicted molar refractivity (Wildman–Crippen MR) is 130 cm³/mol. The van der Waals surface area contributed by atoms with Crippen LogP contribution in [-0.4, -0.2) is 48.4 Å². The van der Waals surface area contributed by atoms with E-state index in [0.29, 0.717) is 16.3 Å². The maximum atomic E-state index is 13.0. The first-order valence-electron chi connectivity index (χ1n) is 10.6. The van der Waals surface area contributed by atoms with Gasteiger partial charge in [0.2, 0.25) is 0 Å². The molecular formula is C24H27ClN2O6S. The van der Waals surface area contributed by atoms with E-state index in [9.17, 15) is 23.1 Å². The van der Waals surface area contributed by atoms with E-state index in [4.69, 9.17) is 16.3 Å². The fourth-order valence-corrected chi connectivity index (χ4v) is 5.07. The first kappa shape index (κ1) is 25.7. The zero-order valence-electron chi connectivity index (χ0n) is 19.3. The molecule has 2 N–H and O–H groups in total. The van der Waals surface area contributed by atoms with Gasteiger partial charge in [0, 0.05) is 12.4 Å². The summed E-state index contributed by atoms with van der Waals surface area (Å²) in [6.07, 6.45) is -0.416. The van der Waals surface area contributed by atoms with Crippen molar-refractivity contribution in [2.45, 2.75) is 37.8 Å². The summed E-state index contributed by atoms with van der Waals surface area (Å²) in [4.78, 5) is 24.7. The van der Waals surface area contributed by atoms with Gasteiger partial charge < -0.3 is 19.7 Å². The van der Waals surface area contributed by atoms with Crippen LogP contribution in [0.2, 0.25) is 5.02 Å². The minimum atomic E-state index is -3.89. The van der Waals surface area contributed by atoms with E-state index < -0.39 is 46.2 Å². The van der Waals surface area contributed by atoms with Crippen molar-refractivity contribution in [2.75, 3.05) is 12.4 Å². The number of aliphatic hydroxyl groups excluding tert-OH is 1. The maximum absolute atomic E-state index is 13.0. The predicted octanol–water partition coefficient (Wildman–Crippen LogP) is 3.33. The molecule has 1 aromatic heterocycles. The molecule has 0 aliphatic rings. The van der Waals surface area contributed by atoms with Crippen molar-refractivity contribution in [3.05, 3.63) is 64.3 Å². The van der Waals surface area contributed by atoms with Crippen LogP contribution in [0.15, 0.2) is 47.4 Å². The minimum Gasteiger partial charge on any atom is -0.462 e. The van der Waals surface area contributed by atoms with Crippen LogP contribution >= 0.6 is 11.6 Å². The Bertz CT molecular complexity index is 1330. The fourth-order valence-electron chi connectivity index (χ4n) is 3.65. The molecule has 0 aliphatic carbocycles. The van der Waals surface area contributed by atoms with Crippen LogP contribution in [0.4, 0.5) is 0 Å². The van der Waals surface area contributed by atoms with E-state index in [1.807, 2.05) is 19.1 Å². The van der Waals surface area contributed by atoms with Crippen molar-refractivity contribution in [3.8, 4) is 0 Å². The molecule has 0 spiro atoms. The zero-order valence-corrected chi connectivity index (χ0v) is 20.9. The molecule has 0 saturated carbocycles. The highest BCUT2D eigenvalue weighted by Gasteiger charge is 2.23. The molecule has 8 nitrogen and oxygen atoms in total. The van der Waals surface area contributed by atoms with Gasteiger partial charge in [0.25, 0.3) is 5.91 Å². The van der Waals surface area contributed by atoms with Gasteiger partial charge in [-0.1, -0.05) is 23.7 Å². The number of aryl methyl sites for hydroxylation is 2. The van der Waals surface area contributed by atoms with E-state index in [2.05, 4.69) is 5.32 Å². The van der Waals surface area contributed by atoms with Gasteiger partial charge in [-0.05, 0) is 62.2 Å². The van der Waals surface area contributed by atoms with Gasteiger partial charge in [0.05, 0.1) is 34.2 Å². The lowest BCUT2D eigenvalue weighted by molar-refractivity contribution is -0.144. The molecule has 0 fully saturated rings. The number of hydrogen-bond acceptors (Lipinski definition) is 6.